The molecule has 0 radical (unpaired) electrons. The lowest BCUT2D eigenvalue weighted by molar-refractivity contribution is 0.174. The largest absolute Gasteiger partial charge is 0.454 e. The maximum atomic E-state index is 5.63. The van der Waals surface area contributed by atoms with Gasteiger partial charge in [0.15, 0.2) is 11.5 Å². The van der Waals surface area contributed by atoms with Gasteiger partial charge in [0.2, 0.25) is 6.79 Å². The van der Waals surface area contributed by atoms with E-state index in [1.165, 1.54) is 22.4 Å². The maximum absolute atomic E-state index is 5.63. The zero-order valence-electron chi connectivity index (χ0n) is 18.3. The third-order valence-electron chi connectivity index (χ3n) is 6.61. The van der Waals surface area contributed by atoms with E-state index in [-0.39, 0.29) is 24.8 Å². The summed E-state index contributed by atoms with van der Waals surface area (Å²) >= 11 is 0. The minimum absolute atomic E-state index is 0.0962. The SMILES string of the molecule is c1ccc(C[C@@H]2Nc3ccccc3[C@H](Nc3ccc4c(c3)OCO4)[C@H]2c2ccccc2)cc1. The molecule has 0 aliphatic carbocycles. The predicted molar refractivity (Wildman–Crippen MR) is 132 cm³/mol. The van der Waals surface area contributed by atoms with E-state index in [1.54, 1.807) is 0 Å². The number of para-hydroxylation sites is 1. The van der Waals surface area contributed by atoms with Gasteiger partial charge in [0.1, 0.15) is 0 Å². The van der Waals surface area contributed by atoms with Crippen molar-refractivity contribution in [1.29, 1.82) is 0 Å². The van der Waals surface area contributed by atoms with E-state index in [9.17, 15) is 0 Å². The molecule has 33 heavy (non-hydrogen) atoms. The van der Waals surface area contributed by atoms with Crippen LogP contribution in [0.25, 0.3) is 0 Å². The fourth-order valence-corrected chi connectivity index (χ4v) is 5.09. The highest BCUT2D eigenvalue weighted by atomic mass is 16.7. The lowest BCUT2D eigenvalue weighted by Gasteiger charge is -2.42. The van der Waals surface area contributed by atoms with Crippen LogP contribution in [-0.2, 0) is 6.42 Å². The molecule has 2 N–H and O–H groups in total. The Labute approximate surface area is 194 Å². The summed E-state index contributed by atoms with van der Waals surface area (Å²) in [6, 6.07) is 36.6. The van der Waals surface area contributed by atoms with Crippen molar-refractivity contribution >= 4 is 11.4 Å². The molecule has 4 aromatic carbocycles. The third-order valence-corrected chi connectivity index (χ3v) is 6.61. The maximum Gasteiger partial charge on any atom is 0.231 e. The Morgan fingerprint density at radius 2 is 1.48 bits per heavy atom. The highest BCUT2D eigenvalue weighted by Crippen LogP contribution is 2.46. The second-order valence-corrected chi connectivity index (χ2v) is 8.65. The molecule has 6 rings (SSSR count). The van der Waals surface area contributed by atoms with Gasteiger partial charge in [-0.3, -0.25) is 0 Å². The quantitative estimate of drug-likeness (QED) is 0.382. The molecule has 2 heterocycles. The first-order valence-electron chi connectivity index (χ1n) is 11.5. The van der Waals surface area contributed by atoms with E-state index in [2.05, 4.69) is 102 Å². The van der Waals surface area contributed by atoms with Crippen LogP contribution in [0.15, 0.2) is 103 Å². The van der Waals surface area contributed by atoms with Crippen molar-refractivity contribution in [2.24, 2.45) is 0 Å². The van der Waals surface area contributed by atoms with Gasteiger partial charge < -0.3 is 20.1 Å². The number of fused-ring (bicyclic) bond motifs is 2. The minimum atomic E-state index is 0.0962. The summed E-state index contributed by atoms with van der Waals surface area (Å²) in [5.41, 5.74) is 6.13. The van der Waals surface area contributed by atoms with Crippen LogP contribution in [0, 0.1) is 0 Å². The standard InChI is InChI=1S/C29H26N2O2/c1-3-9-20(10-4-1)17-25-28(21-11-5-2-6-12-21)29(23-13-7-8-14-24(23)31-25)30-22-15-16-26-27(18-22)33-19-32-26/h1-16,18,25,28-31H,17,19H2/t25-,28-,29-/m0/s1. The van der Waals surface area contributed by atoms with E-state index in [0.29, 0.717) is 0 Å². The molecule has 0 amide bonds. The number of nitrogens with one attached hydrogen (secondary N) is 2. The highest BCUT2D eigenvalue weighted by molar-refractivity contribution is 5.63. The smallest absolute Gasteiger partial charge is 0.231 e. The van der Waals surface area contributed by atoms with Crippen LogP contribution in [-0.4, -0.2) is 12.8 Å². The van der Waals surface area contributed by atoms with Crippen LogP contribution in [0.5, 0.6) is 11.5 Å². The van der Waals surface area contributed by atoms with Crippen LogP contribution < -0.4 is 20.1 Å². The molecule has 0 bridgehead atoms. The van der Waals surface area contributed by atoms with Gasteiger partial charge in [0, 0.05) is 29.4 Å². The Balaban J connectivity index is 1.43. The average Bonchev–Trinajstić information content (AvgIpc) is 3.33. The van der Waals surface area contributed by atoms with Crippen molar-refractivity contribution < 1.29 is 9.47 Å². The van der Waals surface area contributed by atoms with Gasteiger partial charge in [-0.05, 0) is 41.3 Å². The van der Waals surface area contributed by atoms with Gasteiger partial charge in [-0.1, -0.05) is 78.9 Å². The average molecular weight is 435 g/mol. The number of anilines is 2. The molecule has 0 saturated carbocycles. The molecule has 0 spiro atoms. The molecule has 3 atom stereocenters. The second-order valence-electron chi connectivity index (χ2n) is 8.65. The van der Waals surface area contributed by atoms with Gasteiger partial charge >= 0.3 is 0 Å². The molecule has 4 aromatic rings. The lowest BCUT2D eigenvalue weighted by atomic mass is 9.76. The molecule has 0 fully saturated rings. The third kappa shape index (κ3) is 3.89. The number of benzene rings is 4. The van der Waals surface area contributed by atoms with Gasteiger partial charge in [0.05, 0.1) is 6.04 Å². The predicted octanol–water partition coefficient (Wildman–Crippen LogP) is 6.39. The van der Waals surface area contributed by atoms with E-state index in [4.69, 9.17) is 9.47 Å². The van der Waals surface area contributed by atoms with E-state index >= 15 is 0 Å². The molecule has 0 unspecified atom stereocenters. The molecule has 164 valence electrons. The summed E-state index contributed by atoms with van der Waals surface area (Å²) in [7, 11) is 0. The molecule has 2 aliphatic heterocycles. The van der Waals surface area contributed by atoms with Crippen molar-refractivity contribution in [2.75, 3.05) is 17.4 Å². The summed E-state index contributed by atoms with van der Waals surface area (Å²) in [6.07, 6.45) is 0.939. The van der Waals surface area contributed by atoms with Crippen LogP contribution in [0.3, 0.4) is 0 Å². The Morgan fingerprint density at radius 1 is 0.758 bits per heavy atom. The van der Waals surface area contributed by atoms with Gasteiger partial charge in [-0.2, -0.15) is 0 Å². The van der Waals surface area contributed by atoms with Crippen LogP contribution >= 0.6 is 0 Å². The van der Waals surface area contributed by atoms with Crippen molar-refractivity contribution in [1.82, 2.24) is 0 Å². The normalized spacial score (nSPS) is 20.5. The monoisotopic (exact) mass is 434 g/mol. The first-order valence-corrected chi connectivity index (χ1v) is 11.5. The Bertz CT molecular complexity index is 1240. The van der Waals surface area contributed by atoms with Crippen LogP contribution in [0.4, 0.5) is 11.4 Å². The minimum Gasteiger partial charge on any atom is -0.454 e. The Morgan fingerprint density at radius 3 is 2.33 bits per heavy atom. The highest BCUT2D eigenvalue weighted by Gasteiger charge is 2.37. The number of ether oxygens (including phenoxy) is 2. The van der Waals surface area contributed by atoms with Crippen LogP contribution in [0.1, 0.15) is 28.7 Å². The Kier molecular flexibility index (Phi) is 5.11. The summed E-state index contributed by atoms with van der Waals surface area (Å²) in [5, 5.41) is 7.72. The Hall–Kier alpha value is -3.92. The topological polar surface area (TPSA) is 42.5 Å². The molecule has 0 aromatic heterocycles. The second kappa shape index (κ2) is 8.55. The van der Waals surface area contributed by atoms with Crippen molar-refractivity contribution in [3.8, 4) is 11.5 Å². The number of hydrogen-bond donors (Lipinski definition) is 2. The molecule has 4 nitrogen and oxygen atoms in total. The number of rotatable bonds is 5. The first-order chi connectivity index (χ1) is 16.3. The molecular formula is C29H26N2O2. The summed E-state index contributed by atoms with van der Waals surface area (Å²) in [4.78, 5) is 0. The zero-order chi connectivity index (χ0) is 22.0. The van der Waals surface area contributed by atoms with Crippen molar-refractivity contribution in [3.63, 3.8) is 0 Å². The fraction of sp³-hybridized carbons (Fsp3) is 0.172. The molecule has 4 heteroatoms. The van der Waals surface area contributed by atoms with E-state index < -0.39 is 0 Å². The van der Waals surface area contributed by atoms with Crippen molar-refractivity contribution in [2.45, 2.75) is 24.4 Å². The summed E-state index contributed by atoms with van der Waals surface area (Å²) in [6.45, 7) is 0.279. The van der Waals surface area contributed by atoms with Crippen molar-refractivity contribution in [3.05, 3.63) is 120 Å². The van der Waals surface area contributed by atoms with Crippen LogP contribution in [0.2, 0.25) is 0 Å². The van der Waals surface area contributed by atoms with E-state index in [0.717, 1.165) is 23.6 Å². The van der Waals surface area contributed by atoms with Gasteiger partial charge in [0.25, 0.3) is 0 Å². The molecule has 0 saturated heterocycles. The van der Waals surface area contributed by atoms with E-state index in [1.807, 2.05) is 12.1 Å². The zero-order valence-corrected chi connectivity index (χ0v) is 18.3. The first kappa shape index (κ1) is 19.7. The summed E-state index contributed by atoms with van der Waals surface area (Å²) in [5.74, 6) is 1.82. The van der Waals surface area contributed by atoms with Gasteiger partial charge in [-0.15, -0.1) is 0 Å². The summed E-state index contributed by atoms with van der Waals surface area (Å²) < 4.78 is 11.1. The lowest BCUT2D eigenvalue weighted by Crippen LogP contribution is -2.40. The van der Waals surface area contributed by atoms with Gasteiger partial charge in [-0.25, -0.2) is 0 Å². The fourth-order valence-electron chi connectivity index (χ4n) is 5.09. The number of hydrogen-bond acceptors (Lipinski definition) is 4. The molecular weight excluding hydrogens is 408 g/mol. The molecule has 2 aliphatic rings.